The highest BCUT2D eigenvalue weighted by Crippen LogP contribution is 2.24. The lowest BCUT2D eigenvalue weighted by atomic mass is 10.2. The highest BCUT2D eigenvalue weighted by atomic mass is 32.2. The molecule has 0 aliphatic heterocycles. The summed E-state index contributed by atoms with van der Waals surface area (Å²) in [4.78, 5) is 1.30. The lowest BCUT2D eigenvalue weighted by Gasteiger charge is -2.07. The van der Waals surface area contributed by atoms with Crippen LogP contribution in [0.4, 0.5) is 0 Å². The van der Waals surface area contributed by atoms with Crippen LogP contribution in [0.15, 0.2) is 65.7 Å². The minimum Gasteiger partial charge on any atom is -0.247 e. The second-order valence-corrected chi connectivity index (χ2v) is 7.13. The van der Waals surface area contributed by atoms with E-state index in [1.807, 2.05) is 53.0 Å². The Hall–Kier alpha value is -2.07. The molecule has 0 aliphatic rings. The lowest BCUT2D eigenvalue weighted by molar-refractivity contribution is 0.649. The molecule has 22 heavy (non-hydrogen) atoms. The average Bonchev–Trinajstić information content (AvgIpc) is 2.96. The smallest absolute Gasteiger partial charge is 0.113 e. The number of aromatic nitrogens is 3. The maximum atomic E-state index is 4.26. The van der Waals surface area contributed by atoms with Gasteiger partial charge in [0, 0.05) is 15.7 Å². The van der Waals surface area contributed by atoms with Gasteiger partial charge in [-0.15, -0.1) is 16.9 Å². The van der Waals surface area contributed by atoms with Crippen molar-refractivity contribution in [3.8, 4) is 11.3 Å². The van der Waals surface area contributed by atoms with Crippen molar-refractivity contribution >= 4 is 11.8 Å². The number of nitrogens with zero attached hydrogens (tertiary/aromatic N) is 3. The van der Waals surface area contributed by atoms with Crippen molar-refractivity contribution in [1.29, 1.82) is 0 Å². The molecule has 2 aromatic carbocycles. The molecule has 0 bridgehead atoms. The predicted molar refractivity (Wildman–Crippen MR) is 92.0 cm³/mol. The molecule has 0 spiro atoms. The summed E-state index contributed by atoms with van der Waals surface area (Å²) in [5.41, 5.74) is 3.25. The number of hydrogen-bond acceptors (Lipinski definition) is 3. The van der Waals surface area contributed by atoms with Gasteiger partial charge in [-0.2, -0.15) is 0 Å². The van der Waals surface area contributed by atoms with Gasteiger partial charge in [-0.1, -0.05) is 61.5 Å². The van der Waals surface area contributed by atoms with Crippen molar-refractivity contribution in [1.82, 2.24) is 15.0 Å². The molecule has 1 aromatic heterocycles. The monoisotopic (exact) mass is 309 g/mol. The molecule has 0 saturated heterocycles. The van der Waals surface area contributed by atoms with Crippen molar-refractivity contribution in [2.24, 2.45) is 0 Å². The molecule has 0 amide bonds. The molecule has 3 nitrogen and oxygen atoms in total. The molecule has 0 atom stereocenters. The molecule has 112 valence electrons. The van der Waals surface area contributed by atoms with E-state index in [9.17, 15) is 0 Å². The minimum atomic E-state index is 0.589. The average molecular weight is 309 g/mol. The fourth-order valence-electron chi connectivity index (χ4n) is 2.29. The van der Waals surface area contributed by atoms with Crippen molar-refractivity contribution in [2.75, 3.05) is 0 Å². The molecule has 3 rings (SSSR count). The highest BCUT2D eigenvalue weighted by molar-refractivity contribution is 7.99. The SMILES string of the molecule is CC(C)Sc1cccc(Cn2cc(-c3ccccc3)nn2)c1. The summed E-state index contributed by atoms with van der Waals surface area (Å²) in [7, 11) is 0. The van der Waals surface area contributed by atoms with Crippen molar-refractivity contribution in [3.05, 3.63) is 66.4 Å². The quantitative estimate of drug-likeness (QED) is 0.650. The van der Waals surface area contributed by atoms with Crippen LogP contribution >= 0.6 is 11.8 Å². The van der Waals surface area contributed by atoms with E-state index >= 15 is 0 Å². The van der Waals surface area contributed by atoms with E-state index in [-0.39, 0.29) is 0 Å². The van der Waals surface area contributed by atoms with Gasteiger partial charge in [-0.3, -0.25) is 0 Å². The second kappa shape index (κ2) is 6.79. The molecule has 0 saturated carbocycles. The first-order chi connectivity index (χ1) is 10.7. The third-order valence-corrected chi connectivity index (χ3v) is 4.22. The van der Waals surface area contributed by atoms with Gasteiger partial charge >= 0.3 is 0 Å². The summed E-state index contributed by atoms with van der Waals surface area (Å²) >= 11 is 1.88. The first-order valence-corrected chi connectivity index (χ1v) is 8.30. The van der Waals surface area contributed by atoms with Crippen LogP contribution in [0.3, 0.4) is 0 Å². The molecule has 1 heterocycles. The normalized spacial score (nSPS) is 11.0. The Balaban J connectivity index is 1.75. The van der Waals surface area contributed by atoms with Crippen molar-refractivity contribution in [3.63, 3.8) is 0 Å². The van der Waals surface area contributed by atoms with Gasteiger partial charge in [-0.25, -0.2) is 4.68 Å². The van der Waals surface area contributed by atoms with E-state index in [2.05, 4.69) is 48.4 Å². The van der Waals surface area contributed by atoms with Crippen LogP contribution in [0.25, 0.3) is 11.3 Å². The highest BCUT2D eigenvalue weighted by Gasteiger charge is 2.05. The van der Waals surface area contributed by atoms with Gasteiger partial charge in [0.15, 0.2) is 0 Å². The maximum Gasteiger partial charge on any atom is 0.113 e. The summed E-state index contributed by atoms with van der Waals surface area (Å²) in [5, 5.41) is 9.09. The Bertz CT molecular complexity index is 735. The molecule has 0 N–H and O–H groups in total. The Morgan fingerprint density at radius 3 is 2.64 bits per heavy atom. The summed E-state index contributed by atoms with van der Waals surface area (Å²) in [5.74, 6) is 0. The molecular formula is C18H19N3S. The molecule has 0 radical (unpaired) electrons. The van der Waals surface area contributed by atoms with Gasteiger partial charge in [-0.05, 0) is 17.7 Å². The van der Waals surface area contributed by atoms with Gasteiger partial charge in [0.25, 0.3) is 0 Å². The van der Waals surface area contributed by atoms with E-state index in [4.69, 9.17) is 0 Å². The predicted octanol–water partition coefficient (Wildman–Crippen LogP) is 4.49. The molecule has 0 unspecified atom stereocenters. The number of hydrogen-bond donors (Lipinski definition) is 0. The molecule has 0 aliphatic carbocycles. The summed E-state index contributed by atoms with van der Waals surface area (Å²) in [6.07, 6.45) is 2.00. The van der Waals surface area contributed by atoms with Gasteiger partial charge in [0.1, 0.15) is 5.69 Å². The minimum absolute atomic E-state index is 0.589. The fraction of sp³-hybridized carbons (Fsp3) is 0.222. The number of rotatable bonds is 5. The van der Waals surface area contributed by atoms with Crippen LogP contribution in [0, 0.1) is 0 Å². The molecule has 0 fully saturated rings. The fourth-order valence-corrected chi connectivity index (χ4v) is 3.21. The maximum absolute atomic E-state index is 4.26. The molecular weight excluding hydrogens is 290 g/mol. The Morgan fingerprint density at radius 1 is 1.05 bits per heavy atom. The van der Waals surface area contributed by atoms with Crippen LogP contribution in [-0.2, 0) is 6.54 Å². The van der Waals surface area contributed by atoms with Gasteiger partial charge in [0.2, 0.25) is 0 Å². The summed E-state index contributed by atoms with van der Waals surface area (Å²) in [6.45, 7) is 5.16. The zero-order chi connectivity index (χ0) is 15.4. The third-order valence-electron chi connectivity index (χ3n) is 3.22. The Kier molecular flexibility index (Phi) is 4.59. The largest absolute Gasteiger partial charge is 0.247 e. The van der Waals surface area contributed by atoms with Gasteiger partial charge < -0.3 is 0 Å². The van der Waals surface area contributed by atoms with Crippen molar-refractivity contribution < 1.29 is 0 Å². The van der Waals surface area contributed by atoms with Crippen molar-refractivity contribution in [2.45, 2.75) is 30.5 Å². The van der Waals surface area contributed by atoms with E-state index < -0.39 is 0 Å². The van der Waals surface area contributed by atoms with Crippen LogP contribution < -0.4 is 0 Å². The van der Waals surface area contributed by atoms with E-state index in [0.29, 0.717) is 5.25 Å². The third kappa shape index (κ3) is 3.77. The van der Waals surface area contributed by atoms with Crippen LogP contribution in [0.1, 0.15) is 19.4 Å². The van der Waals surface area contributed by atoms with E-state index in [0.717, 1.165) is 17.8 Å². The Morgan fingerprint density at radius 2 is 1.86 bits per heavy atom. The van der Waals surface area contributed by atoms with Crippen LogP contribution in [0.5, 0.6) is 0 Å². The first kappa shape index (κ1) is 14.9. The van der Waals surface area contributed by atoms with Crippen LogP contribution in [0.2, 0.25) is 0 Å². The zero-order valence-electron chi connectivity index (χ0n) is 12.8. The van der Waals surface area contributed by atoms with Crippen LogP contribution in [-0.4, -0.2) is 20.2 Å². The summed E-state index contributed by atoms with van der Waals surface area (Å²) < 4.78 is 1.89. The Labute approximate surface area is 135 Å². The van der Waals surface area contributed by atoms with E-state index in [1.54, 1.807) is 0 Å². The molecule has 3 aromatic rings. The van der Waals surface area contributed by atoms with Gasteiger partial charge in [0.05, 0.1) is 12.7 Å². The summed E-state index contributed by atoms with van der Waals surface area (Å²) in [6, 6.07) is 18.8. The lowest BCUT2D eigenvalue weighted by Crippen LogP contribution is -2.00. The number of benzene rings is 2. The second-order valence-electron chi connectivity index (χ2n) is 5.48. The number of thioether (sulfide) groups is 1. The first-order valence-electron chi connectivity index (χ1n) is 7.42. The van der Waals surface area contributed by atoms with E-state index in [1.165, 1.54) is 10.5 Å². The topological polar surface area (TPSA) is 30.7 Å². The zero-order valence-corrected chi connectivity index (χ0v) is 13.6. The standard InChI is InChI=1S/C18H19N3S/c1-14(2)22-17-10-6-7-15(11-17)12-21-13-18(19-20-21)16-8-4-3-5-9-16/h3-11,13-14H,12H2,1-2H3. The molecule has 4 heteroatoms.